The molecule has 0 aromatic heterocycles. The van der Waals surface area contributed by atoms with Gasteiger partial charge in [-0.3, -0.25) is 14.9 Å². The van der Waals surface area contributed by atoms with Crippen LogP contribution in [-0.2, 0) is 0 Å². The van der Waals surface area contributed by atoms with Gasteiger partial charge >= 0.3 is 0 Å². The molecule has 0 saturated carbocycles. The first-order valence-electron chi connectivity index (χ1n) is 5.94. The zero-order valence-corrected chi connectivity index (χ0v) is 12.2. The Morgan fingerprint density at radius 2 is 1.81 bits per heavy atom. The standard InChI is InChI=1S/C14H10Cl2N2O3/c15-10-3-6-12(16)13(7-10)17-8-14(19)9-1-4-11(5-2-9)18(20)21/h1-7,17H,8H2. The van der Waals surface area contributed by atoms with Gasteiger partial charge in [-0.05, 0) is 30.3 Å². The molecule has 0 atom stereocenters. The van der Waals surface area contributed by atoms with Crippen LogP contribution in [-0.4, -0.2) is 17.3 Å². The number of nitro benzene ring substituents is 1. The van der Waals surface area contributed by atoms with Gasteiger partial charge in [0.15, 0.2) is 5.78 Å². The number of Topliss-reactive ketones (excluding diaryl/α,β-unsaturated/α-hetero) is 1. The Morgan fingerprint density at radius 3 is 2.43 bits per heavy atom. The predicted octanol–water partition coefficient (Wildman–Crippen LogP) is 4.20. The first kappa shape index (κ1) is 15.3. The van der Waals surface area contributed by atoms with E-state index >= 15 is 0 Å². The van der Waals surface area contributed by atoms with E-state index in [2.05, 4.69) is 5.32 Å². The van der Waals surface area contributed by atoms with Crippen LogP contribution < -0.4 is 5.32 Å². The monoisotopic (exact) mass is 324 g/mol. The molecule has 0 aliphatic carbocycles. The third kappa shape index (κ3) is 3.93. The van der Waals surface area contributed by atoms with E-state index in [4.69, 9.17) is 23.2 Å². The van der Waals surface area contributed by atoms with Gasteiger partial charge in [0.05, 0.1) is 22.2 Å². The van der Waals surface area contributed by atoms with E-state index in [1.807, 2.05) is 0 Å². The van der Waals surface area contributed by atoms with Crippen LogP contribution in [0.25, 0.3) is 0 Å². The summed E-state index contributed by atoms with van der Waals surface area (Å²) in [7, 11) is 0. The molecule has 0 radical (unpaired) electrons. The number of non-ortho nitro benzene ring substituents is 1. The number of nitro groups is 1. The van der Waals surface area contributed by atoms with Crippen molar-refractivity contribution in [2.45, 2.75) is 0 Å². The van der Waals surface area contributed by atoms with Gasteiger partial charge in [0, 0.05) is 22.7 Å². The second-order valence-corrected chi connectivity index (χ2v) is 5.05. The molecular weight excluding hydrogens is 315 g/mol. The zero-order chi connectivity index (χ0) is 15.4. The van der Waals surface area contributed by atoms with Gasteiger partial charge in [-0.2, -0.15) is 0 Å². The molecule has 0 heterocycles. The molecule has 108 valence electrons. The highest BCUT2D eigenvalue weighted by Gasteiger charge is 2.10. The van der Waals surface area contributed by atoms with Gasteiger partial charge in [-0.15, -0.1) is 0 Å². The molecule has 0 bridgehead atoms. The van der Waals surface area contributed by atoms with Gasteiger partial charge in [-0.25, -0.2) is 0 Å². The number of hydrogen-bond acceptors (Lipinski definition) is 4. The van der Waals surface area contributed by atoms with Gasteiger partial charge < -0.3 is 5.32 Å². The van der Waals surface area contributed by atoms with Gasteiger partial charge in [0.25, 0.3) is 5.69 Å². The number of hydrogen-bond donors (Lipinski definition) is 1. The second kappa shape index (κ2) is 6.56. The number of ketones is 1. The highest BCUT2D eigenvalue weighted by molar-refractivity contribution is 6.35. The maximum Gasteiger partial charge on any atom is 0.269 e. The molecule has 0 aliphatic heterocycles. The third-order valence-electron chi connectivity index (χ3n) is 2.77. The maximum atomic E-state index is 12.0. The molecule has 0 amide bonds. The fourth-order valence-electron chi connectivity index (χ4n) is 1.68. The number of anilines is 1. The minimum Gasteiger partial charge on any atom is -0.376 e. The summed E-state index contributed by atoms with van der Waals surface area (Å²) in [5.41, 5.74) is 0.878. The van der Waals surface area contributed by atoms with Gasteiger partial charge in [0.2, 0.25) is 0 Å². The highest BCUT2D eigenvalue weighted by atomic mass is 35.5. The van der Waals surface area contributed by atoms with Crippen molar-refractivity contribution in [1.82, 2.24) is 0 Å². The van der Waals surface area contributed by atoms with Crippen molar-refractivity contribution in [3.63, 3.8) is 0 Å². The van der Waals surface area contributed by atoms with E-state index in [9.17, 15) is 14.9 Å². The Kier molecular flexibility index (Phi) is 4.77. The first-order chi connectivity index (χ1) is 9.97. The molecule has 0 aliphatic rings. The van der Waals surface area contributed by atoms with E-state index in [0.29, 0.717) is 21.3 Å². The fourth-order valence-corrected chi connectivity index (χ4v) is 2.04. The van der Waals surface area contributed by atoms with E-state index in [0.717, 1.165) is 0 Å². The number of halogens is 2. The normalized spacial score (nSPS) is 10.2. The first-order valence-corrected chi connectivity index (χ1v) is 6.69. The number of nitrogens with zero attached hydrogens (tertiary/aromatic N) is 1. The predicted molar refractivity (Wildman–Crippen MR) is 82.4 cm³/mol. The largest absolute Gasteiger partial charge is 0.376 e. The Bertz CT molecular complexity index is 687. The number of rotatable bonds is 5. The summed E-state index contributed by atoms with van der Waals surface area (Å²) in [6.07, 6.45) is 0. The summed E-state index contributed by atoms with van der Waals surface area (Å²) in [5, 5.41) is 14.4. The highest BCUT2D eigenvalue weighted by Crippen LogP contribution is 2.25. The minimum absolute atomic E-state index is 0.0118. The summed E-state index contributed by atoms with van der Waals surface area (Å²) < 4.78 is 0. The van der Waals surface area contributed by atoms with Gasteiger partial charge in [0.1, 0.15) is 0 Å². The molecule has 2 aromatic rings. The Hall–Kier alpha value is -2.11. The van der Waals surface area contributed by atoms with Crippen LogP contribution in [0.2, 0.25) is 10.0 Å². The summed E-state index contributed by atoms with van der Waals surface area (Å²) in [4.78, 5) is 22.0. The van der Waals surface area contributed by atoms with Crippen LogP contribution in [0.1, 0.15) is 10.4 Å². The van der Waals surface area contributed by atoms with Crippen LogP contribution in [0.5, 0.6) is 0 Å². The van der Waals surface area contributed by atoms with Crippen molar-refractivity contribution in [3.8, 4) is 0 Å². The lowest BCUT2D eigenvalue weighted by Crippen LogP contribution is -2.14. The van der Waals surface area contributed by atoms with Crippen LogP contribution in [0.4, 0.5) is 11.4 Å². The number of carbonyl (C=O) groups excluding carboxylic acids is 1. The van der Waals surface area contributed by atoms with Crippen molar-refractivity contribution >= 4 is 40.4 Å². The second-order valence-electron chi connectivity index (χ2n) is 4.20. The SMILES string of the molecule is O=C(CNc1cc(Cl)ccc1Cl)c1ccc([N+](=O)[O-])cc1. The van der Waals surface area contributed by atoms with E-state index in [-0.39, 0.29) is 18.0 Å². The molecule has 0 spiro atoms. The molecular formula is C14H10Cl2N2O3. The summed E-state index contributed by atoms with van der Waals surface area (Å²) in [6.45, 7) is 0.0118. The maximum absolute atomic E-state index is 12.0. The van der Waals surface area contributed by atoms with Crippen molar-refractivity contribution in [2.24, 2.45) is 0 Å². The average molecular weight is 325 g/mol. The molecule has 0 saturated heterocycles. The molecule has 2 aromatic carbocycles. The molecule has 2 rings (SSSR count). The Labute approximate surface area is 130 Å². The quantitative estimate of drug-likeness (QED) is 0.508. The number of benzene rings is 2. The summed E-state index contributed by atoms with van der Waals surface area (Å²) in [5.74, 6) is -0.207. The lowest BCUT2D eigenvalue weighted by molar-refractivity contribution is -0.384. The third-order valence-corrected chi connectivity index (χ3v) is 3.33. The molecule has 1 N–H and O–H groups in total. The molecule has 21 heavy (non-hydrogen) atoms. The van der Waals surface area contributed by atoms with Crippen LogP contribution in [0.3, 0.4) is 0 Å². The van der Waals surface area contributed by atoms with Crippen LogP contribution in [0, 0.1) is 10.1 Å². The lowest BCUT2D eigenvalue weighted by atomic mass is 10.1. The van der Waals surface area contributed by atoms with Crippen molar-refractivity contribution in [2.75, 3.05) is 11.9 Å². The number of carbonyl (C=O) groups is 1. The van der Waals surface area contributed by atoms with Crippen LogP contribution in [0.15, 0.2) is 42.5 Å². The van der Waals surface area contributed by atoms with Crippen molar-refractivity contribution < 1.29 is 9.72 Å². The van der Waals surface area contributed by atoms with E-state index in [1.165, 1.54) is 24.3 Å². The topological polar surface area (TPSA) is 72.2 Å². The number of nitrogens with one attached hydrogen (secondary N) is 1. The van der Waals surface area contributed by atoms with Crippen LogP contribution >= 0.6 is 23.2 Å². The fraction of sp³-hybridized carbons (Fsp3) is 0.0714. The molecule has 7 heteroatoms. The summed E-state index contributed by atoms with van der Waals surface area (Å²) in [6, 6.07) is 10.3. The molecule has 0 unspecified atom stereocenters. The molecule has 0 fully saturated rings. The van der Waals surface area contributed by atoms with E-state index in [1.54, 1.807) is 18.2 Å². The molecule has 5 nitrogen and oxygen atoms in total. The zero-order valence-electron chi connectivity index (χ0n) is 10.7. The van der Waals surface area contributed by atoms with Gasteiger partial charge in [-0.1, -0.05) is 23.2 Å². The average Bonchev–Trinajstić information content (AvgIpc) is 2.48. The summed E-state index contributed by atoms with van der Waals surface area (Å²) >= 11 is 11.8. The Morgan fingerprint density at radius 1 is 1.14 bits per heavy atom. The smallest absolute Gasteiger partial charge is 0.269 e. The van der Waals surface area contributed by atoms with E-state index < -0.39 is 4.92 Å². The van der Waals surface area contributed by atoms with Crippen molar-refractivity contribution in [3.05, 3.63) is 68.2 Å². The lowest BCUT2D eigenvalue weighted by Gasteiger charge is -2.08. The Balaban J connectivity index is 2.04. The van der Waals surface area contributed by atoms with Crippen molar-refractivity contribution in [1.29, 1.82) is 0 Å². The minimum atomic E-state index is -0.516.